The molecule has 0 amide bonds. The Hall–Kier alpha value is -0.786. The second-order valence-corrected chi connectivity index (χ2v) is 16.7. The zero-order valence-electron chi connectivity index (χ0n) is 12.5. The molecule has 0 saturated carbocycles. The first-order chi connectivity index (χ1) is 8.46. The number of carbonyl (C=O) groups is 1. The lowest BCUT2D eigenvalue weighted by atomic mass is 10.2. The summed E-state index contributed by atoms with van der Waals surface area (Å²) >= 11 is 5.62. The van der Waals surface area contributed by atoms with Crippen molar-refractivity contribution in [2.24, 2.45) is 0 Å². The molecular weight excluding hydrogens is 292 g/mol. The molecule has 0 aliphatic heterocycles. The highest BCUT2D eigenvalue weighted by Crippen LogP contribution is 2.24. The molecule has 1 aromatic carbocycles. The number of halogens is 1. The maximum Gasteiger partial charge on any atom is 0.252 e. The van der Waals surface area contributed by atoms with Crippen LogP contribution >= 0.6 is 11.6 Å². The number of benzene rings is 1. The van der Waals surface area contributed by atoms with Crippen LogP contribution in [0.15, 0.2) is 18.2 Å². The average Bonchev–Trinajstić information content (AvgIpc) is 2.10. The van der Waals surface area contributed by atoms with Gasteiger partial charge >= 0.3 is 0 Å². The molecule has 0 aliphatic carbocycles. The topological polar surface area (TPSA) is 41.1 Å². The molecule has 6 heteroatoms. The van der Waals surface area contributed by atoms with Crippen LogP contribution in [0.2, 0.25) is 39.3 Å². The van der Waals surface area contributed by atoms with Crippen LogP contribution in [0.3, 0.4) is 0 Å². The smallest absolute Gasteiger partial charge is 0.252 e. The van der Waals surface area contributed by atoms with Crippen LogP contribution in [0.5, 0.6) is 0 Å². The first-order valence-corrected chi connectivity index (χ1v) is 13.8. The Morgan fingerprint density at radius 2 is 1.26 bits per heavy atom. The van der Waals surface area contributed by atoms with E-state index in [1.165, 1.54) is 0 Å². The summed E-state index contributed by atoms with van der Waals surface area (Å²) in [4.78, 5) is 18.4. The highest BCUT2D eigenvalue weighted by Gasteiger charge is 2.17. The minimum atomic E-state index is -1.46. The molecule has 1 rings (SSSR count). The third-order valence-electron chi connectivity index (χ3n) is 2.20. The van der Waals surface area contributed by atoms with Gasteiger partial charge in [0.25, 0.3) is 5.24 Å². The Labute approximate surface area is 122 Å². The number of hydrogen-bond donors (Lipinski definition) is 2. The Bertz CT molecular complexity index is 444. The molecule has 0 atom stereocenters. The predicted molar refractivity (Wildman–Crippen MR) is 90.6 cm³/mol. The van der Waals surface area contributed by atoms with Gasteiger partial charge in [-0.15, -0.1) is 0 Å². The van der Waals surface area contributed by atoms with Gasteiger partial charge in [-0.1, -0.05) is 39.3 Å². The van der Waals surface area contributed by atoms with Crippen molar-refractivity contribution in [2.45, 2.75) is 39.3 Å². The first-order valence-electron chi connectivity index (χ1n) is 6.38. The van der Waals surface area contributed by atoms with Gasteiger partial charge in [0.1, 0.15) is 16.5 Å². The van der Waals surface area contributed by atoms with E-state index in [2.05, 4.69) is 55.3 Å². The number of hydrogen-bond acceptors (Lipinski definition) is 3. The Morgan fingerprint density at radius 1 is 0.895 bits per heavy atom. The lowest BCUT2D eigenvalue weighted by molar-refractivity contribution is 0.108. The number of carbonyl (C=O) groups excluding carboxylic acids is 1. The zero-order valence-corrected chi connectivity index (χ0v) is 15.3. The molecule has 3 nitrogen and oxygen atoms in total. The molecule has 0 saturated heterocycles. The van der Waals surface area contributed by atoms with Crippen molar-refractivity contribution in [3.05, 3.63) is 23.8 Å². The summed E-state index contributed by atoms with van der Waals surface area (Å²) < 4.78 is 0. The largest absolute Gasteiger partial charge is 0.411 e. The molecule has 0 fully saturated rings. The van der Waals surface area contributed by atoms with Gasteiger partial charge < -0.3 is 9.96 Å². The van der Waals surface area contributed by atoms with Crippen molar-refractivity contribution in [1.29, 1.82) is 0 Å². The standard InChI is InChI=1S/C13H23ClN2OSi2/c1-18(2,3)15-11-7-10(13(14)17)8-12(9-11)16-19(4,5)6/h7-9,15-16H,1-6H3. The van der Waals surface area contributed by atoms with Crippen molar-refractivity contribution < 1.29 is 4.79 Å². The Morgan fingerprint density at radius 3 is 1.53 bits per heavy atom. The lowest BCUT2D eigenvalue weighted by Crippen LogP contribution is -2.33. The molecule has 0 unspecified atom stereocenters. The molecule has 0 heterocycles. The van der Waals surface area contributed by atoms with Crippen LogP contribution < -0.4 is 9.96 Å². The molecule has 1 aromatic rings. The second-order valence-electron chi connectivity index (χ2n) is 6.82. The highest BCUT2D eigenvalue weighted by atomic mass is 35.5. The summed E-state index contributed by atoms with van der Waals surface area (Å²) in [5, 5.41) is -0.419. The fourth-order valence-corrected chi connectivity index (χ4v) is 3.88. The predicted octanol–water partition coefficient (Wildman–Crippen LogP) is 4.56. The van der Waals surface area contributed by atoms with Crippen molar-refractivity contribution >= 4 is 44.7 Å². The van der Waals surface area contributed by atoms with Crippen LogP contribution in [-0.2, 0) is 0 Å². The van der Waals surface area contributed by atoms with Gasteiger partial charge in [0.05, 0.1) is 0 Å². The highest BCUT2D eigenvalue weighted by molar-refractivity contribution is 6.79. The number of anilines is 2. The van der Waals surface area contributed by atoms with Crippen molar-refractivity contribution in [3.63, 3.8) is 0 Å². The SMILES string of the molecule is C[Si](C)(C)Nc1cc(N[Si](C)(C)C)cc(C(=O)Cl)c1. The second kappa shape index (κ2) is 5.68. The van der Waals surface area contributed by atoms with E-state index in [0.717, 1.165) is 11.4 Å². The van der Waals surface area contributed by atoms with Gasteiger partial charge in [-0.2, -0.15) is 0 Å². The molecule has 0 radical (unpaired) electrons. The molecule has 106 valence electrons. The zero-order chi connectivity index (χ0) is 14.8. The van der Waals surface area contributed by atoms with E-state index in [9.17, 15) is 4.79 Å². The minimum Gasteiger partial charge on any atom is -0.411 e. The fourth-order valence-electron chi connectivity index (χ4n) is 1.75. The van der Waals surface area contributed by atoms with Crippen LogP contribution in [0, 0.1) is 0 Å². The van der Waals surface area contributed by atoms with Crippen LogP contribution in [-0.4, -0.2) is 21.7 Å². The third-order valence-corrected chi connectivity index (χ3v) is 4.49. The maximum absolute atomic E-state index is 11.4. The third kappa shape index (κ3) is 6.27. The van der Waals surface area contributed by atoms with E-state index in [4.69, 9.17) is 11.6 Å². The molecule has 19 heavy (non-hydrogen) atoms. The summed E-state index contributed by atoms with van der Waals surface area (Å²) in [6, 6.07) is 5.70. The summed E-state index contributed by atoms with van der Waals surface area (Å²) in [5.41, 5.74) is 2.46. The van der Waals surface area contributed by atoms with E-state index in [-0.39, 0.29) is 0 Å². The van der Waals surface area contributed by atoms with E-state index < -0.39 is 21.7 Å². The lowest BCUT2D eigenvalue weighted by Gasteiger charge is -2.23. The first kappa shape index (κ1) is 16.3. The molecule has 0 aliphatic rings. The van der Waals surface area contributed by atoms with Crippen molar-refractivity contribution in [2.75, 3.05) is 9.96 Å². The van der Waals surface area contributed by atoms with Crippen LogP contribution in [0.25, 0.3) is 0 Å². The monoisotopic (exact) mass is 314 g/mol. The summed E-state index contributed by atoms with van der Waals surface area (Å²) in [7, 11) is -2.92. The van der Waals surface area contributed by atoms with Gasteiger partial charge in [-0.3, -0.25) is 4.79 Å². The van der Waals surface area contributed by atoms with Gasteiger partial charge in [-0.05, 0) is 29.8 Å². The van der Waals surface area contributed by atoms with Gasteiger partial charge in [-0.25, -0.2) is 0 Å². The van der Waals surface area contributed by atoms with E-state index in [1.807, 2.05) is 12.1 Å². The Kier molecular flexibility index (Phi) is 4.87. The van der Waals surface area contributed by atoms with E-state index in [0.29, 0.717) is 5.56 Å². The molecule has 2 N–H and O–H groups in total. The van der Waals surface area contributed by atoms with Crippen LogP contribution in [0.4, 0.5) is 11.4 Å². The van der Waals surface area contributed by atoms with Gasteiger partial charge in [0, 0.05) is 16.9 Å². The summed E-state index contributed by atoms with van der Waals surface area (Å²) in [6.45, 7) is 13.3. The molecule has 0 spiro atoms. The van der Waals surface area contributed by atoms with E-state index in [1.54, 1.807) is 0 Å². The summed E-state index contributed by atoms with van der Waals surface area (Å²) in [5.74, 6) is 0. The quantitative estimate of drug-likeness (QED) is 0.618. The number of rotatable bonds is 5. The molecule has 0 bridgehead atoms. The maximum atomic E-state index is 11.4. The van der Waals surface area contributed by atoms with E-state index >= 15 is 0 Å². The average molecular weight is 315 g/mol. The van der Waals surface area contributed by atoms with Crippen LogP contribution in [0.1, 0.15) is 10.4 Å². The molecular formula is C13H23ClN2OSi2. The van der Waals surface area contributed by atoms with Crippen molar-refractivity contribution in [3.8, 4) is 0 Å². The summed E-state index contributed by atoms with van der Waals surface area (Å²) in [6.07, 6.45) is 0. The van der Waals surface area contributed by atoms with Gasteiger partial charge in [0.2, 0.25) is 0 Å². The number of nitrogens with one attached hydrogen (secondary N) is 2. The van der Waals surface area contributed by atoms with Crippen molar-refractivity contribution in [1.82, 2.24) is 0 Å². The minimum absolute atomic E-state index is 0.419. The fraction of sp³-hybridized carbons (Fsp3) is 0.462. The van der Waals surface area contributed by atoms with Gasteiger partial charge in [0.15, 0.2) is 0 Å². The normalized spacial score (nSPS) is 12.2. The molecule has 0 aromatic heterocycles. The Balaban J connectivity index is 3.14.